The van der Waals surface area contributed by atoms with Gasteiger partial charge < -0.3 is 0 Å². The molecule has 0 heterocycles. The highest BCUT2D eigenvalue weighted by Gasteiger charge is 2.95. The van der Waals surface area contributed by atoms with E-state index in [-0.39, 0.29) is 0 Å². The molecule has 0 atom stereocenters. The highest BCUT2D eigenvalue weighted by atomic mass is 19.4. The summed E-state index contributed by atoms with van der Waals surface area (Å²) in [5.41, 5.74) is 0. The highest BCUT2D eigenvalue weighted by molar-refractivity contribution is 5.23. The van der Waals surface area contributed by atoms with Crippen LogP contribution in [0.5, 0.6) is 0 Å². The summed E-state index contributed by atoms with van der Waals surface area (Å²) in [7, 11) is 0. The SMILES string of the molecule is FC(F)(F)C#CC(F)(F)C(F)(F)C(F)(F)C(F)(F)C(F)(F)C(F)(F)C(F)(F)C(F)(F)F. The zero-order chi connectivity index (χ0) is 25.9. The fraction of sp³-hybridized carbons (Fsp3) is 0.818. The van der Waals surface area contributed by atoms with Gasteiger partial charge in [-0.3, -0.25) is 0 Å². The number of halogens is 20. The summed E-state index contributed by atoms with van der Waals surface area (Å²) in [6.45, 7) is 0. The first-order valence-electron chi connectivity index (χ1n) is 6.28. The molecule has 0 aromatic carbocycles. The summed E-state index contributed by atoms with van der Waals surface area (Å²) < 4.78 is 251. The van der Waals surface area contributed by atoms with Crippen molar-refractivity contribution < 1.29 is 87.8 Å². The quantitative estimate of drug-likeness (QED) is 0.280. The van der Waals surface area contributed by atoms with Crippen LogP contribution in [0.4, 0.5) is 87.8 Å². The molecule has 20 heteroatoms. The van der Waals surface area contributed by atoms with Gasteiger partial charge in [-0.25, -0.2) is 0 Å². The standard InChI is InChI=1S/C11F20/c12-3(13,1-2-4(14,15)16)5(17,18)6(19,20)7(21,22)8(23,24)9(25,26)10(27,28)11(29,30)31. The molecule has 0 nitrogen and oxygen atoms in total. The molecule has 0 rings (SSSR count). The van der Waals surface area contributed by atoms with Gasteiger partial charge >= 0.3 is 53.8 Å². The maximum absolute atomic E-state index is 13.1. The molecular weight excluding hydrogens is 512 g/mol. The van der Waals surface area contributed by atoms with Crippen LogP contribution >= 0.6 is 0 Å². The predicted molar refractivity (Wildman–Crippen MR) is 54.5 cm³/mol. The Labute approximate surface area is 155 Å². The van der Waals surface area contributed by atoms with Crippen LogP contribution in [0.1, 0.15) is 0 Å². The average Bonchev–Trinajstić information content (AvgIpc) is 2.50. The number of hydrogen-bond donors (Lipinski definition) is 0. The molecule has 184 valence electrons. The molecule has 0 spiro atoms. The Morgan fingerprint density at radius 3 is 0.806 bits per heavy atom. The second-order valence-corrected chi connectivity index (χ2v) is 5.27. The van der Waals surface area contributed by atoms with Crippen LogP contribution in [0, 0.1) is 11.8 Å². The summed E-state index contributed by atoms with van der Waals surface area (Å²) in [5.74, 6) is -60.9. The lowest BCUT2D eigenvalue weighted by atomic mass is 9.89. The van der Waals surface area contributed by atoms with Crippen LogP contribution in [0.3, 0.4) is 0 Å². The third kappa shape index (κ3) is 4.15. The minimum Gasteiger partial charge on any atom is -0.192 e. The van der Waals surface area contributed by atoms with Crippen molar-refractivity contribution in [1.82, 2.24) is 0 Å². The lowest BCUT2D eigenvalue weighted by Crippen LogP contribution is -2.74. The lowest BCUT2D eigenvalue weighted by molar-refractivity contribution is -0.459. The van der Waals surface area contributed by atoms with Gasteiger partial charge in [0.05, 0.1) is 0 Å². The van der Waals surface area contributed by atoms with E-state index in [2.05, 4.69) is 0 Å². The third-order valence-corrected chi connectivity index (χ3v) is 3.08. The Hall–Kier alpha value is -1.84. The third-order valence-electron chi connectivity index (χ3n) is 3.08. The molecule has 0 radical (unpaired) electrons. The monoisotopic (exact) mass is 512 g/mol. The van der Waals surface area contributed by atoms with Crippen LogP contribution in [0.15, 0.2) is 0 Å². The summed E-state index contributed by atoms with van der Waals surface area (Å²) in [5, 5.41) is 0. The number of hydrogen-bond acceptors (Lipinski definition) is 0. The molecule has 0 aliphatic heterocycles. The molecule has 0 aliphatic carbocycles. The molecule has 0 aromatic heterocycles. The van der Waals surface area contributed by atoms with Gasteiger partial charge in [0.15, 0.2) is 0 Å². The normalized spacial score (nSPS) is 16.1. The van der Waals surface area contributed by atoms with Crippen LogP contribution in [-0.2, 0) is 0 Å². The molecule has 0 bridgehead atoms. The zero-order valence-corrected chi connectivity index (χ0v) is 13.1. The Balaban J connectivity index is 6.79. The first kappa shape index (κ1) is 29.2. The van der Waals surface area contributed by atoms with Gasteiger partial charge in [0.1, 0.15) is 0 Å². The van der Waals surface area contributed by atoms with Gasteiger partial charge in [-0.1, -0.05) is 0 Å². The van der Waals surface area contributed by atoms with Crippen molar-refractivity contribution in [3.63, 3.8) is 0 Å². The molecule has 0 aliphatic rings. The fourth-order valence-electron chi connectivity index (χ4n) is 1.39. The fourth-order valence-corrected chi connectivity index (χ4v) is 1.39. The van der Waals surface area contributed by atoms with Gasteiger partial charge in [-0.2, -0.15) is 87.8 Å². The Kier molecular flexibility index (Phi) is 6.66. The van der Waals surface area contributed by atoms with Gasteiger partial charge in [-0.15, -0.1) is 0 Å². The van der Waals surface area contributed by atoms with Gasteiger partial charge in [0, 0.05) is 5.92 Å². The van der Waals surface area contributed by atoms with Crippen LogP contribution < -0.4 is 0 Å². The molecule has 0 saturated carbocycles. The minimum atomic E-state index is -8.86. The van der Waals surface area contributed by atoms with Crippen molar-refractivity contribution in [2.75, 3.05) is 0 Å². The van der Waals surface area contributed by atoms with Crippen molar-refractivity contribution in [2.24, 2.45) is 0 Å². The zero-order valence-electron chi connectivity index (χ0n) is 13.1. The highest BCUT2D eigenvalue weighted by Crippen LogP contribution is 2.63. The first-order chi connectivity index (χ1) is 13.0. The summed E-state index contributed by atoms with van der Waals surface area (Å²) >= 11 is 0. The predicted octanol–water partition coefficient (Wildman–Crippen LogP) is 6.56. The second-order valence-electron chi connectivity index (χ2n) is 5.27. The van der Waals surface area contributed by atoms with Crippen molar-refractivity contribution >= 4 is 0 Å². The van der Waals surface area contributed by atoms with E-state index >= 15 is 0 Å². The summed E-state index contributed by atoms with van der Waals surface area (Å²) in [4.78, 5) is 0. The largest absolute Gasteiger partial charge is 0.460 e. The smallest absolute Gasteiger partial charge is 0.192 e. The molecule has 0 aromatic rings. The van der Waals surface area contributed by atoms with Crippen molar-refractivity contribution in [2.45, 2.75) is 53.8 Å². The average molecular weight is 512 g/mol. The topological polar surface area (TPSA) is 0 Å². The molecular formula is C11F20. The molecule has 0 saturated heterocycles. The summed E-state index contributed by atoms with van der Waals surface area (Å²) in [6.07, 6.45) is -14.1. The van der Waals surface area contributed by atoms with E-state index in [1.807, 2.05) is 0 Å². The molecule has 0 amide bonds. The van der Waals surface area contributed by atoms with Gasteiger partial charge in [-0.05, 0) is 5.92 Å². The minimum absolute atomic E-state index is 0.858. The van der Waals surface area contributed by atoms with E-state index < -0.39 is 65.7 Å². The van der Waals surface area contributed by atoms with Gasteiger partial charge in [0.25, 0.3) is 0 Å². The Morgan fingerprint density at radius 2 is 0.548 bits per heavy atom. The molecule has 0 fully saturated rings. The van der Waals surface area contributed by atoms with Crippen molar-refractivity contribution in [3.8, 4) is 11.8 Å². The first-order valence-corrected chi connectivity index (χ1v) is 6.28. The van der Waals surface area contributed by atoms with E-state index in [0.717, 1.165) is 0 Å². The van der Waals surface area contributed by atoms with E-state index in [1.54, 1.807) is 0 Å². The van der Waals surface area contributed by atoms with Crippen LogP contribution in [0.2, 0.25) is 0 Å². The van der Waals surface area contributed by atoms with E-state index in [0.29, 0.717) is 0 Å². The maximum Gasteiger partial charge on any atom is 0.460 e. The molecule has 0 N–H and O–H groups in total. The number of rotatable bonds is 6. The molecule has 31 heavy (non-hydrogen) atoms. The van der Waals surface area contributed by atoms with Crippen molar-refractivity contribution in [1.29, 1.82) is 0 Å². The lowest BCUT2D eigenvalue weighted by Gasteiger charge is -2.42. The van der Waals surface area contributed by atoms with Gasteiger partial charge in [0.2, 0.25) is 0 Å². The maximum atomic E-state index is 13.1. The second kappa shape index (κ2) is 7.08. The van der Waals surface area contributed by atoms with E-state index in [9.17, 15) is 87.8 Å². The van der Waals surface area contributed by atoms with Crippen molar-refractivity contribution in [3.05, 3.63) is 0 Å². The van der Waals surface area contributed by atoms with Crippen LogP contribution in [-0.4, -0.2) is 53.8 Å². The Morgan fingerprint density at radius 1 is 0.290 bits per heavy atom. The van der Waals surface area contributed by atoms with E-state index in [4.69, 9.17) is 0 Å². The number of alkyl halides is 20. The summed E-state index contributed by atoms with van der Waals surface area (Å²) in [6, 6.07) is 0. The Bertz CT molecular complexity index is 721. The molecule has 0 unspecified atom stereocenters. The van der Waals surface area contributed by atoms with Crippen LogP contribution in [0.25, 0.3) is 0 Å². The van der Waals surface area contributed by atoms with E-state index in [1.165, 1.54) is 0 Å².